The molecule has 1 aliphatic carbocycles. The van der Waals surface area contributed by atoms with Crippen LogP contribution in [-0.2, 0) is 4.79 Å². The van der Waals surface area contributed by atoms with E-state index in [0.717, 1.165) is 0 Å². The van der Waals surface area contributed by atoms with Crippen molar-refractivity contribution < 1.29 is 19.4 Å². The number of nitrogens with one attached hydrogen (secondary N) is 1. The number of hydrogen-bond acceptors (Lipinski definition) is 3. The smallest absolute Gasteiger partial charge is 0.311 e. The van der Waals surface area contributed by atoms with Crippen LogP contribution in [0.4, 0.5) is 0 Å². The average molecular weight is 298 g/mol. The molecule has 20 heavy (non-hydrogen) atoms. The number of rotatable bonds is 6. The molecule has 1 aromatic rings. The van der Waals surface area contributed by atoms with Crippen LogP contribution in [0.15, 0.2) is 18.2 Å². The zero-order valence-corrected chi connectivity index (χ0v) is 11.9. The number of carbonyl (C=O) groups is 2. The first-order valence-corrected chi connectivity index (χ1v) is 6.80. The topological polar surface area (TPSA) is 75.6 Å². The third-order valence-corrected chi connectivity index (χ3v) is 3.62. The zero-order chi connectivity index (χ0) is 14.8. The summed E-state index contributed by atoms with van der Waals surface area (Å²) in [6, 6.07) is 4.75. The Kier molecular flexibility index (Phi) is 4.18. The van der Waals surface area contributed by atoms with Gasteiger partial charge in [-0.1, -0.05) is 11.6 Å². The highest BCUT2D eigenvalue weighted by Gasteiger charge is 2.50. The molecule has 1 aliphatic rings. The Morgan fingerprint density at radius 2 is 2.15 bits per heavy atom. The van der Waals surface area contributed by atoms with Crippen LogP contribution in [-0.4, -0.2) is 30.1 Å². The molecule has 0 radical (unpaired) electrons. The number of ether oxygens (including phenoxy) is 1. The summed E-state index contributed by atoms with van der Waals surface area (Å²) in [5.74, 6) is -0.811. The number of carboxylic acid groups (broad SMARTS) is 1. The molecule has 2 N–H and O–H groups in total. The van der Waals surface area contributed by atoms with Crippen molar-refractivity contribution in [3.05, 3.63) is 28.8 Å². The van der Waals surface area contributed by atoms with Crippen LogP contribution < -0.4 is 10.1 Å². The highest BCUT2D eigenvalue weighted by atomic mass is 35.5. The van der Waals surface area contributed by atoms with E-state index in [4.69, 9.17) is 21.4 Å². The number of amides is 1. The van der Waals surface area contributed by atoms with Gasteiger partial charge in [0.2, 0.25) is 0 Å². The lowest BCUT2D eigenvalue weighted by Crippen LogP contribution is -2.34. The van der Waals surface area contributed by atoms with Crippen molar-refractivity contribution in [3.8, 4) is 5.75 Å². The lowest BCUT2D eigenvalue weighted by molar-refractivity contribution is -0.143. The Morgan fingerprint density at radius 3 is 2.70 bits per heavy atom. The Morgan fingerprint density at radius 1 is 1.45 bits per heavy atom. The molecular weight excluding hydrogens is 282 g/mol. The van der Waals surface area contributed by atoms with Gasteiger partial charge in [0, 0.05) is 11.6 Å². The molecule has 0 spiro atoms. The minimum atomic E-state index is -0.862. The Balaban J connectivity index is 2.07. The SMILES string of the molecule is CCOc1cc(Cl)ccc1C(=O)NCC1(C(=O)O)CC1. The number of aliphatic carboxylic acids is 1. The fraction of sp³-hybridized carbons (Fsp3) is 0.429. The normalized spacial score (nSPS) is 15.5. The van der Waals surface area contributed by atoms with Crippen molar-refractivity contribution in [2.75, 3.05) is 13.2 Å². The fourth-order valence-electron chi connectivity index (χ4n) is 1.92. The zero-order valence-electron chi connectivity index (χ0n) is 11.1. The van der Waals surface area contributed by atoms with Gasteiger partial charge in [-0.2, -0.15) is 0 Å². The van der Waals surface area contributed by atoms with Gasteiger partial charge in [-0.3, -0.25) is 9.59 Å². The summed E-state index contributed by atoms with van der Waals surface area (Å²) in [6.45, 7) is 2.36. The molecule has 0 saturated heterocycles. The first kappa shape index (κ1) is 14.7. The predicted octanol–water partition coefficient (Wildman–Crippen LogP) is 2.33. The lowest BCUT2D eigenvalue weighted by atomic mass is 10.1. The molecule has 108 valence electrons. The second-order valence-corrected chi connectivity index (χ2v) is 5.28. The molecule has 6 heteroatoms. The highest BCUT2D eigenvalue weighted by Crippen LogP contribution is 2.45. The molecule has 0 aliphatic heterocycles. The summed E-state index contributed by atoms with van der Waals surface area (Å²) in [7, 11) is 0. The van der Waals surface area contributed by atoms with Crippen LogP contribution in [0, 0.1) is 5.41 Å². The van der Waals surface area contributed by atoms with E-state index >= 15 is 0 Å². The third-order valence-electron chi connectivity index (χ3n) is 3.38. The van der Waals surface area contributed by atoms with Crippen LogP contribution in [0.1, 0.15) is 30.1 Å². The van der Waals surface area contributed by atoms with Gasteiger partial charge in [0.15, 0.2) is 0 Å². The molecule has 0 heterocycles. The first-order valence-electron chi connectivity index (χ1n) is 6.42. The van der Waals surface area contributed by atoms with Gasteiger partial charge in [0.25, 0.3) is 5.91 Å². The van der Waals surface area contributed by atoms with Crippen molar-refractivity contribution in [2.24, 2.45) is 5.41 Å². The largest absolute Gasteiger partial charge is 0.493 e. The van der Waals surface area contributed by atoms with Gasteiger partial charge in [-0.05, 0) is 38.0 Å². The van der Waals surface area contributed by atoms with Gasteiger partial charge in [-0.15, -0.1) is 0 Å². The van der Waals surface area contributed by atoms with Crippen molar-refractivity contribution in [1.29, 1.82) is 0 Å². The van der Waals surface area contributed by atoms with E-state index in [0.29, 0.717) is 35.8 Å². The maximum atomic E-state index is 12.1. The Hall–Kier alpha value is -1.75. The van der Waals surface area contributed by atoms with Crippen molar-refractivity contribution >= 4 is 23.5 Å². The molecule has 1 amide bonds. The van der Waals surface area contributed by atoms with Crippen molar-refractivity contribution in [3.63, 3.8) is 0 Å². The minimum Gasteiger partial charge on any atom is -0.493 e. The van der Waals surface area contributed by atoms with Crippen LogP contribution >= 0.6 is 11.6 Å². The summed E-state index contributed by atoms with van der Waals surface area (Å²) in [6.07, 6.45) is 1.20. The molecule has 2 rings (SSSR count). The van der Waals surface area contributed by atoms with E-state index in [1.165, 1.54) is 0 Å². The van der Waals surface area contributed by atoms with Gasteiger partial charge in [0.1, 0.15) is 5.75 Å². The quantitative estimate of drug-likeness (QED) is 0.845. The Labute approximate surface area is 121 Å². The molecule has 5 nitrogen and oxygen atoms in total. The number of hydrogen-bond donors (Lipinski definition) is 2. The van der Waals surface area contributed by atoms with Crippen LogP contribution in [0.3, 0.4) is 0 Å². The Bertz CT molecular complexity index is 540. The minimum absolute atomic E-state index is 0.134. The summed E-state index contributed by atoms with van der Waals surface area (Å²) >= 11 is 5.87. The molecule has 0 bridgehead atoms. The van der Waals surface area contributed by atoms with E-state index in [1.54, 1.807) is 18.2 Å². The standard InChI is InChI=1S/C14H16ClNO4/c1-2-20-11-7-9(15)3-4-10(11)12(17)16-8-14(5-6-14)13(18)19/h3-4,7H,2,5-6,8H2,1H3,(H,16,17)(H,18,19). The highest BCUT2D eigenvalue weighted by molar-refractivity contribution is 6.30. The third kappa shape index (κ3) is 3.04. The van der Waals surface area contributed by atoms with E-state index in [-0.39, 0.29) is 12.5 Å². The molecule has 0 unspecified atom stereocenters. The maximum absolute atomic E-state index is 12.1. The second kappa shape index (κ2) is 5.71. The van der Waals surface area contributed by atoms with Gasteiger partial charge in [-0.25, -0.2) is 0 Å². The second-order valence-electron chi connectivity index (χ2n) is 4.84. The van der Waals surface area contributed by atoms with Crippen LogP contribution in [0.5, 0.6) is 5.75 Å². The predicted molar refractivity (Wildman–Crippen MR) is 74.3 cm³/mol. The molecular formula is C14H16ClNO4. The van der Waals surface area contributed by atoms with E-state index in [9.17, 15) is 9.59 Å². The van der Waals surface area contributed by atoms with Gasteiger partial charge >= 0.3 is 5.97 Å². The molecule has 1 saturated carbocycles. The summed E-state index contributed by atoms with van der Waals surface area (Å²) < 4.78 is 5.37. The lowest BCUT2D eigenvalue weighted by Gasteiger charge is -2.13. The van der Waals surface area contributed by atoms with E-state index < -0.39 is 11.4 Å². The number of benzene rings is 1. The molecule has 0 atom stereocenters. The average Bonchev–Trinajstić information content (AvgIpc) is 3.18. The molecule has 1 aromatic carbocycles. The number of carbonyl (C=O) groups excluding carboxylic acids is 1. The van der Waals surface area contributed by atoms with E-state index in [2.05, 4.69) is 5.32 Å². The summed E-state index contributed by atoms with van der Waals surface area (Å²) in [5, 5.41) is 12.2. The van der Waals surface area contributed by atoms with Crippen molar-refractivity contribution in [2.45, 2.75) is 19.8 Å². The van der Waals surface area contributed by atoms with Gasteiger partial charge < -0.3 is 15.2 Å². The summed E-state index contributed by atoms with van der Waals surface area (Å²) in [5.41, 5.74) is -0.425. The van der Waals surface area contributed by atoms with Crippen LogP contribution in [0.2, 0.25) is 5.02 Å². The fourth-order valence-corrected chi connectivity index (χ4v) is 2.08. The molecule has 0 aromatic heterocycles. The molecule has 1 fully saturated rings. The van der Waals surface area contributed by atoms with Crippen molar-refractivity contribution in [1.82, 2.24) is 5.32 Å². The van der Waals surface area contributed by atoms with E-state index in [1.807, 2.05) is 6.92 Å². The summed E-state index contributed by atoms with van der Waals surface area (Å²) in [4.78, 5) is 23.2. The monoisotopic (exact) mass is 297 g/mol. The number of halogens is 1. The van der Waals surface area contributed by atoms with Crippen LogP contribution in [0.25, 0.3) is 0 Å². The first-order chi connectivity index (χ1) is 9.48. The van der Waals surface area contributed by atoms with Gasteiger partial charge in [0.05, 0.1) is 17.6 Å². The maximum Gasteiger partial charge on any atom is 0.311 e. The number of carboxylic acids is 1.